The van der Waals surface area contributed by atoms with E-state index in [2.05, 4.69) is 26.2 Å². The van der Waals surface area contributed by atoms with Gasteiger partial charge in [-0.3, -0.25) is 9.78 Å². The molecule has 18 heavy (non-hydrogen) atoms. The van der Waals surface area contributed by atoms with Gasteiger partial charge < -0.3 is 5.32 Å². The van der Waals surface area contributed by atoms with E-state index in [0.717, 1.165) is 22.9 Å². The van der Waals surface area contributed by atoms with Crippen LogP contribution in [0.2, 0.25) is 0 Å². The molecule has 96 valence electrons. The fourth-order valence-electron chi connectivity index (χ4n) is 2.62. The van der Waals surface area contributed by atoms with E-state index in [1.165, 1.54) is 25.7 Å². The zero-order valence-corrected chi connectivity index (χ0v) is 11.8. The molecule has 0 spiro atoms. The van der Waals surface area contributed by atoms with Crippen molar-refractivity contribution in [3.05, 3.63) is 28.5 Å². The summed E-state index contributed by atoms with van der Waals surface area (Å²) in [5.41, 5.74) is 0.634. The Morgan fingerprint density at radius 1 is 1.33 bits per heavy atom. The fourth-order valence-corrected chi connectivity index (χ4v) is 2.98. The molecule has 0 aliphatic heterocycles. The molecule has 0 atom stereocenters. The lowest BCUT2D eigenvalue weighted by molar-refractivity contribution is 0.0943. The topological polar surface area (TPSA) is 42.0 Å². The van der Waals surface area contributed by atoms with Crippen molar-refractivity contribution < 1.29 is 4.79 Å². The Morgan fingerprint density at radius 3 is 2.56 bits per heavy atom. The first kappa shape index (κ1) is 12.2. The SMILES string of the molecule is O=C(NCC(C1CC1)C1CC1)c1cncc(Br)c1. The molecule has 0 unspecified atom stereocenters. The van der Waals surface area contributed by atoms with Gasteiger partial charge in [0.15, 0.2) is 0 Å². The lowest BCUT2D eigenvalue weighted by atomic mass is 9.98. The summed E-state index contributed by atoms with van der Waals surface area (Å²) in [7, 11) is 0. The number of hydrogen-bond donors (Lipinski definition) is 1. The average molecular weight is 309 g/mol. The lowest BCUT2D eigenvalue weighted by Crippen LogP contribution is -2.31. The van der Waals surface area contributed by atoms with Crippen LogP contribution >= 0.6 is 15.9 Å². The molecule has 3 nitrogen and oxygen atoms in total. The van der Waals surface area contributed by atoms with Crippen molar-refractivity contribution in [2.45, 2.75) is 25.7 Å². The highest BCUT2D eigenvalue weighted by atomic mass is 79.9. The van der Waals surface area contributed by atoms with Crippen LogP contribution in [0, 0.1) is 17.8 Å². The van der Waals surface area contributed by atoms with Crippen molar-refractivity contribution in [1.82, 2.24) is 10.3 Å². The number of hydrogen-bond acceptors (Lipinski definition) is 2. The Hall–Kier alpha value is -0.900. The van der Waals surface area contributed by atoms with Crippen LogP contribution in [0.4, 0.5) is 0 Å². The van der Waals surface area contributed by atoms with E-state index in [9.17, 15) is 4.79 Å². The van der Waals surface area contributed by atoms with Crippen LogP contribution in [0.25, 0.3) is 0 Å². The molecule has 1 heterocycles. The summed E-state index contributed by atoms with van der Waals surface area (Å²) in [6.45, 7) is 0.834. The maximum Gasteiger partial charge on any atom is 0.252 e. The van der Waals surface area contributed by atoms with Gasteiger partial charge in [-0.15, -0.1) is 0 Å². The van der Waals surface area contributed by atoms with Gasteiger partial charge in [-0.05, 0) is 65.4 Å². The fraction of sp³-hybridized carbons (Fsp3) is 0.571. The highest BCUT2D eigenvalue weighted by molar-refractivity contribution is 9.10. The Kier molecular flexibility index (Phi) is 3.37. The Balaban J connectivity index is 1.57. The smallest absolute Gasteiger partial charge is 0.252 e. The van der Waals surface area contributed by atoms with Crippen molar-refractivity contribution >= 4 is 21.8 Å². The Morgan fingerprint density at radius 2 is 2.00 bits per heavy atom. The number of rotatable bonds is 5. The number of amides is 1. The van der Waals surface area contributed by atoms with E-state index in [0.29, 0.717) is 11.5 Å². The van der Waals surface area contributed by atoms with Crippen molar-refractivity contribution in [3.63, 3.8) is 0 Å². The van der Waals surface area contributed by atoms with Gasteiger partial charge in [0.1, 0.15) is 0 Å². The van der Waals surface area contributed by atoms with E-state index in [1.807, 2.05) is 6.07 Å². The van der Waals surface area contributed by atoms with E-state index < -0.39 is 0 Å². The molecule has 2 aliphatic rings. The first-order chi connectivity index (χ1) is 8.74. The quantitative estimate of drug-likeness (QED) is 0.908. The summed E-state index contributed by atoms with van der Waals surface area (Å²) >= 11 is 3.33. The van der Waals surface area contributed by atoms with Crippen LogP contribution in [-0.4, -0.2) is 17.4 Å². The number of halogens is 1. The third-order valence-electron chi connectivity index (χ3n) is 3.92. The van der Waals surface area contributed by atoms with Crippen LogP contribution in [0.15, 0.2) is 22.9 Å². The highest BCUT2D eigenvalue weighted by Crippen LogP contribution is 2.48. The molecule has 2 fully saturated rings. The summed E-state index contributed by atoms with van der Waals surface area (Å²) in [5, 5.41) is 3.07. The van der Waals surface area contributed by atoms with Crippen LogP contribution in [-0.2, 0) is 0 Å². The van der Waals surface area contributed by atoms with Crippen molar-refractivity contribution in [2.75, 3.05) is 6.54 Å². The largest absolute Gasteiger partial charge is 0.352 e. The lowest BCUT2D eigenvalue weighted by Gasteiger charge is -2.16. The van der Waals surface area contributed by atoms with E-state index in [1.54, 1.807) is 12.4 Å². The predicted octanol–water partition coefficient (Wildman–Crippen LogP) is 3.01. The van der Waals surface area contributed by atoms with Gasteiger partial charge in [-0.2, -0.15) is 0 Å². The molecular weight excluding hydrogens is 292 g/mol. The molecular formula is C14H17BrN2O. The van der Waals surface area contributed by atoms with Crippen LogP contribution in [0.1, 0.15) is 36.0 Å². The zero-order chi connectivity index (χ0) is 12.5. The molecule has 0 saturated heterocycles. The average Bonchev–Trinajstić information content (AvgIpc) is 3.23. The van der Waals surface area contributed by atoms with Crippen molar-refractivity contribution in [2.24, 2.45) is 17.8 Å². The van der Waals surface area contributed by atoms with Gasteiger partial charge in [-0.25, -0.2) is 0 Å². The molecule has 2 aliphatic carbocycles. The van der Waals surface area contributed by atoms with Crippen LogP contribution < -0.4 is 5.32 Å². The molecule has 0 aromatic carbocycles. The number of aromatic nitrogens is 1. The monoisotopic (exact) mass is 308 g/mol. The number of carbonyl (C=O) groups excluding carboxylic acids is 1. The van der Waals surface area contributed by atoms with Crippen LogP contribution in [0.3, 0.4) is 0 Å². The number of carbonyl (C=O) groups is 1. The molecule has 2 saturated carbocycles. The van der Waals surface area contributed by atoms with Crippen molar-refractivity contribution in [3.8, 4) is 0 Å². The third kappa shape index (κ3) is 2.91. The maximum absolute atomic E-state index is 12.0. The summed E-state index contributed by atoms with van der Waals surface area (Å²) in [5.74, 6) is 2.46. The van der Waals surface area contributed by atoms with E-state index in [4.69, 9.17) is 0 Å². The van der Waals surface area contributed by atoms with Gasteiger partial charge in [0, 0.05) is 23.4 Å². The minimum atomic E-state index is -0.00454. The minimum absolute atomic E-state index is 0.00454. The van der Waals surface area contributed by atoms with Crippen molar-refractivity contribution in [1.29, 1.82) is 0 Å². The molecule has 0 radical (unpaired) electrons. The second-order valence-electron chi connectivity index (χ2n) is 5.44. The second kappa shape index (κ2) is 5.00. The molecule has 1 amide bonds. The molecule has 1 aromatic heterocycles. The number of pyridine rings is 1. The summed E-state index contributed by atoms with van der Waals surface area (Å²) in [6, 6.07) is 1.81. The summed E-state index contributed by atoms with van der Waals surface area (Å²) in [6.07, 6.45) is 8.73. The van der Waals surface area contributed by atoms with Gasteiger partial charge in [-0.1, -0.05) is 0 Å². The summed E-state index contributed by atoms with van der Waals surface area (Å²) < 4.78 is 0.844. The Labute approximate surface area is 116 Å². The minimum Gasteiger partial charge on any atom is -0.352 e. The second-order valence-corrected chi connectivity index (χ2v) is 6.36. The molecule has 3 rings (SSSR count). The molecule has 1 N–H and O–H groups in total. The first-order valence-electron chi connectivity index (χ1n) is 6.63. The first-order valence-corrected chi connectivity index (χ1v) is 7.42. The predicted molar refractivity (Wildman–Crippen MR) is 73.2 cm³/mol. The number of nitrogens with one attached hydrogen (secondary N) is 1. The standard InChI is InChI=1S/C14H17BrN2O/c15-12-5-11(6-16-7-12)14(18)17-8-13(9-1-2-9)10-3-4-10/h5-7,9-10,13H,1-4,8H2,(H,17,18). The van der Waals surface area contributed by atoms with E-state index in [-0.39, 0.29) is 5.91 Å². The zero-order valence-electron chi connectivity index (χ0n) is 10.2. The highest BCUT2D eigenvalue weighted by Gasteiger charge is 2.41. The molecule has 0 bridgehead atoms. The normalized spacial score (nSPS) is 19.0. The van der Waals surface area contributed by atoms with Gasteiger partial charge >= 0.3 is 0 Å². The summed E-state index contributed by atoms with van der Waals surface area (Å²) in [4.78, 5) is 16.0. The van der Waals surface area contributed by atoms with Gasteiger partial charge in [0.25, 0.3) is 5.91 Å². The van der Waals surface area contributed by atoms with Gasteiger partial charge in [0.2, 0.25) is 0 Å². The van der Waals surface area contributed by atoms with Gasteiger partial charge in [0.05, 0.1) is 5.56 Å². The third-order valence-corrected chi connectivity index (χ3v) is 4.35. The molecule has 4 heteroatoms. The molecule has 1 aromatic rings. The van der Waals surface area contributed by atoms with Crippen LogP contribution in [0.5, 0.6) is 0 Å². The number of nitrogens with zero attached hydrogens (tertiary/aromatic N) is 1. The maximum atomic E-state index is 12.0. The Bertz CT molecular complexity index is 443. The van der Waals surface area contributed by atoms with E-state index >= 15 is 0 Å².